The molecule has 0 aliphatic carbocycles. The molecular formula is C7H10ClINNaO2S. The molecule has 1 N–H and O–H groups in total. The fourth-order valence-electron chi connectivity index (χ4n) is 0.762. The van der Waals surface area contributed by atoms with Crippen molar-refractivity contribution in [3.8, 4) is 0 Å². The third-order valence-corrected chi connectivity index (χ3v) is 3.14. The van der Waals surface area contributed by atoms with E-state index in [0.717, 1.165) is 5.56 Å². The topological polar surface area (TPSA) is 46.2 Å². The molecule has 1 rings (SSSR count). The summed E-state index contributed by atoms with van der Waals surface area (Å²) in [5.41, 5.74) is 1.00. The Bertz CT molecular complexity index is 373. The molecule has 0 saturated heterocycles. The van der Waals surface area contributed by atoms with Crippen LogP contribution in [0.25, 0.3) is 0 Å². The number of halogens is 2. The molecule has 0 aliphatic rings. The summed E-state index contributed by atoms with van der Waals surface area (Å²) < 4.78 is 23.9. The van der Waals surface area contributed by atoms with E-state index >= 15 is 0 Å². The van der Waals surface area contributed by atoms with E-state index in [4.69, 9.17) is 11.8 Å². The maximum absolute atomic E-state index is 11.1. The van der Waals surface area contributed by atoms with Gasteiger partial charge in [0.25, 0.3) is 10.0 Å². The van der Waals surface area contributed by atoms with Crippen LogP contribution < -0.4 is 33.8 Å². The van der Waals surface area contributed by atoms with E-state index in [1.165, 1.54) is 12.1 Å². The van der Waals surface area contributed by atoms with Gasteiger partial charge in [0.15, 0.2) is 0 Å². The number of nitrogens with one attached hydrogen (secondary N) is 1. The van der Waals surface area contributed by atoms with Crippen LogP contribution in [-0.2, 0) is 10.0 Å². The Morgan fingerprint density at radius 2 is 1.71 bits per heavy atom. The van der Waals surface area contributed by atoms with Crippen molar-refractivity contribution in [2.45, 2.75) is 11.8 Å². The van der Waals surface area contributed by atoms with Gasteiger partial charge in [-0.2, -0.15) is 0 Å². The minimum atomic E-state index is -3.50. The maximum atomic E-state index is 11.1. The Labute approximate surface area is 130 Å². The summed E-state index contributed by atoms with van der Waals surface area (Å²) in [7, 11) is -3.50. The van der Waals surface area contributed by atoms with E-state index in [9.17, 15) is 8.42 Å². The molecule has 0 radical (unpaired) electrons. The molecule has 0 heterocycles. The van der Waals surface area contributed by atoms with Crippen molar-refractivity contribution < 1.29 is 39.4 Å². The van der Waals surface area contributed by atoms with Gasteiger partial charge in [0.05, 0.1) is 4.90 Å². The zero-order chi connectivity index (χ0) is 9.19. The van der Waals surface area contributed by atoms with E-state index in [1.807, 2.05) is 6.92 Å². The summed E-state index contributed by atoms with van der Waals surface area (Å²) in [5.74, 6) is 0. The molecule has 0 amide bonds. The Balaban J connectivity index is -0.000000480. The molecule has 1 aromatic rings. The zero-order valence-corrected chi connectivity index (χ0v) is 13.7. The van der Waals surface area contributed by atoms with E-state index in [1.54, 1.807) is 16.4 Å². The van der Waals surface area contributed by atoms with Crippen LogP contribution in [0.15, 0.2) is 29.2 Å². The number of sulfonamides is 1. The van der Waals surface area contributed by atoms with Crippen LogP contribution in [0.3, 0.4) is 0 Å². The number of hydrogen-bond acceptors (Lipinski definition) is 2. The third kappa shape index (κ3) is 4.78. The van der Waals surface area contributed by atoms with Crippen LogP contribution in [0.1, 0.15) is 6.99 Å². The Hall–Kier alpha value is 1.15. The van der Waals surface area contributed by atoms with Gasteiger partial charge in [-0.25, -0.2) is 8.42 Å². The first-order chi connectivity index (χ1) is 5.56. The van der Waals surface area contributed by atoms with E-state index < -0.39 is 10.0 Å². The Morgan fingerprint density at radius 1 is 1.29 bits per heavy atom. The smallest absolute Gasteiger partial charge is 1.00 e. The molecule has 0 atom stereocenters. The van der Waals surface area contributed by atoms with Gasteiger partial charge in [-0.15, -0.1) is 28.2 Å². The van der Waals surface area contributed by atoms with Crippen molar-refractivity contribution >= 4 is 45.8 Å². The molecule has 0 saturated carbocycles. The van der Waals surface area contributed by atoms with Crippen LogP contribution in [0.5, 0.6) is 0 Å². The molecule has 0 aromatic heterocycles. The van der Waals surface area contributed by atoms with Gasteiger partial charge in [0, 0.05) is 0 Å². The fourth-order valence-corrected chi connectivity index (χ4v) is 1.61. The standard InChI is InChI=1S/C7H8ClNO2S.HI.Na.H/c1-6-2-4-7(5-3-6)12(10,11)9-8;;;/h2-5,9H,1H3;1H;;/q;;+1;-1. The van der Waals surface area contributed by atoms with E-state index in [-0.39, 0.29) is 59.9 Å². The molecule has 0 bridgehead atoms. The van der Waals surface area contributed by atoms with Crippen molar-refractivity contribution in [3.05, 3.63) is 29.8 Å². The molecule has 76 valence electrons. The first-order valence-corrected chi connectivity index (χ1v) is 5.11. The molecule has 7 heteroatoms. The minimum absolute atomic E-state index is 0. The number of hydrogen-bond donors (Lipinski definition) is 1. The van der Waals surface area contributed by atoms with Crippen LogP contribution in [0.2, 0.25) is 0 Å². The average Bonchev–Trinajstić information content (AvgIpc) is 2.05. The van der Waals surface area contributed by atoms with Crippen LogP contribution >= 0.6 is 35.8 Å². The van der Waals surface area contributed by atoms with Gasteiger partial charge in [0.2, 0.25) is 0 Å². The van der Waals surface area contributed by atoms with E-state index in [0.29, 0.717) is 0 Å². The second-order valence-electron chi connectivity index (χ2n) is 2.39. The monoisotopic (exact) mass is 357 g/mol. The van der Waals surface area contributed by atoms with Crippen LogP contribution in [0.4, 0.5) is 0 Å². The predicted octanol–water partition coefficient (Wildman–Crippen LogP) is -0.838. The van der Waals surface area contributed by atoms with Crippen LogP contribution in [-0.4, -0.2) is 8.42 Å². The van der Waals surface area contributed by atoms with Gasteiger partial charge in [-0.1, -0.05) is 17.7 Å². The summed E-state index contributed by atoms with van der Waals surface area (Å²) in [6, 6.07) is 6.42. The minimum Gasteiger partial charge on any atom is -1.00 e. The van der Waals surface area contributed by atoms with Gasteiger partial charge in [-0.05, 0) is 30.8 Å². The van der Waals surface area contributed by atoms with Crippen molar-refractivity contribution in [1.29, 1.82) is 0 Å². The molecule has 3 nitrogen and oxygen atoms in total. The molecule has 1 aromatic carbocycles. The summed E-state index contributed by atoms with van der Waals surface area (Å²) in [6.07, 6.45) is 0. The second-order valence-corrected chi connectivity index (χ2v) is 4.49. The van der Waals surface area contributed by atoms with Crippen molar-refractivity contribution in [1.82, 2.24) is 4.24 Å². The van der Waals surface area contributed by atoms with Gasteiger partial charge in [-0.3, -0.25) is 0 Å². The first kappa shape index (κ1) is 17.5. The van der Waals surface area contributed by atoms with Gasteiger partial charge in [0.1, 0.15) is 0 Å². The average molecular weight is 358 g/mol. The van der Waals surface area contributed by atoms with Crippen molar-refractivity contribution in [3.63, 3.8) is 0 Å². The molecule has 0 unspecified atom stereocenters. The number of benzene rings is 1. The van der Waals surface area contributed by atoms with Crippen LogP contribution in [0, 0.1) is 6.92 Å². The van der Waals surface area contributed by atoms with Crippen molar-refractivity contribution in [2.24, 2.45) is 0 Å². The normalized spacial score (nSPS) is 9.86. The Morgan fingerprint density at radius 3 is 2.07 bits per heavy atom. The maximum Gasteiger partial charge on any atom is 1.00 e. The van der Waals surface area contributed by atoms with E-state index in [2.05, 4.69) is 0 Å². The SMILES string of the molecule is Cc1ccc(S(=O)(=O)NCl)cc1.I.[H-].[Na+]. The summed E-state index contributed by atoms with van der Waals surface area (Å²) in [5, 5.41) is 0. The molecule has 0 aliphatic heterocycles. The first-order valence-electron chi connectivity index (χ1n) is 3.25. The summed E-state index contributed by atoms with van der Waals surface area (Å²) in [6.45, 7) is 1.88. The molecule has 0 spiro atoms. The molecule has 0 fully saturated rings. The molecule has 14 heavy (non-hydrogen) atoms. The number of aryl methyl sites for hydroxylation is 1. The number of rotatable bonds is 2. The van der Waals surface area contributed by atoms with Crippen molar-refractivity contribution in [2.75, 3.05) is 0 Å². The second kappa shape index (κ2) is 7.43. The third-order valence-electron chi connectivity index (χ3n) is 1.43. The largest absolute Gasteiger partial charge is 1.00 e. The van der Waals surface area contributed by atoms with Gasteiger partial charge < -0.3 is 1.43 Å². The quantitative estimate of drug-likeness (QED) is 0.426. The fraction of sp³-hybridized carbons (Fsp3) is 0.143. The zero-order valence-electron chi connectivity index (χ0n) is 8.82. The summed E-state index contributed by atoms with van der Waals surface area (Å²) in [4.78, 5) is 0.170. The predicted molar refractivity (Wildman–Crippen MR) is 63.9 cm³/mol. The van der Waals surface area contributed by atoms with Gasteiger partial charge >= 0.3 is 29.6 Å². The summed E-state index contributed by atoms with van der Waals surface area (Å²) >= 11 is 5.03. The molecular weight excluding hydrogens is 347 g/mol. The Kier molecular flexibility index (Phi) is 9.31.